The average molecular weight is 376 g/mol. The lowest BCUT2D eigenvalue weighted by molar-refractivity contribution is -0.117. The van der Waals surface area contributed by atoms with E-state index in [-0.39, 0.29) is 5.57 Å². The molecule has 1 amide bonds. The number of ether oxygens (including phenoxy) is 2. The van der Waals surface area contributed by atoms with Gasteiger partial charge in [-0.1, -0.05) is 36.4 Å². The normalized spacial score (nSPS) is 10.7. The number of nitrogens with one attached hydrogen (secondary N) is 1. The molecule has 28 heavy (non-hydrogen) atoms. The van der Waals surface area contributed by atoms with E-state index in [9.17, 15) is 10.1 Å². The molecule has 0 aliphatic carbocycles. The van der Waals surface area contributed by atoms with Gasteiger partial charge in [0.25, 0.3) is 5.91 Å². The van der Waals surface area contributed by atoms with Crippen LogP contribution in [0.15, 0.2) is 60.7 Å². The average Bonchev–Trinajstić information content (AvgIpc) is 2.71. The molecule has 0 heterocycles. The van der Waals surface area contributed by atoms with Crippen LogP contribution in [0.5, 0.6) is 11.5 Å². The third kappa shape index (κ3) is 5.49. The molecule has 0 saturated heterocycles. The number of hydrogen-bond acceptors (Lipinski definition) is 4. The molecular formula is C23H24N2O3. The Labute approximate surface area is 165 Å². The molecule has 0 spiro atoms. The Balaban J connectivity index is 2.30. The maximum atomic E-state index is 12.4. The van der Waals surface area contributed by atoms with Crippen molar-refractivity contribution >= 4 is 12.0 Å². The zero-order valence-electron chi connectivity index (χ0n) is 16.2. The molecule has 2 aromatic carbocycles. The van der Waals surface area contributed by atoms with Crippen molar-refractivity contribution in [2.24, 2.45) is 0 Å². The highest BCUT2D eigenvalue weighted by Gasteiger charge is 2.14. The molecular weight excluding hydrogens is 352 g/mol. The van der Waals surface area contributed by atoms with Gasteiger partial charge in [0, 0.05) is 12.1 Å². The summed E-state index contributed by atoms with van der Waals surface area (Å²) in [4.78, 5) is 12.4. The summed E-state index contributed by atoms with van der Waals surface area (Å²) in [5.74, 6) is 0.772. The molecule has 5 heteroatoms. The van der Waals surface area contributed by atoms with Crippen molar-refractivity contribution in [3.05, 3.63) is 77.4 Å². The zero-order chi connectivity index (χ0) is 20.4. The van der Waals surface area contributed by atoms with Crippen molar-refractivity contribution in [2.75, 3.05) is 13.7 Å². The van der Waals surface area contributed by atoms with Gasteiger partial charge in [-0.3, -0.25) is 4.79 Å². The van der Waals surface area contributed by atoms with Crippen LogP contribution in [0.1, 0.15) is 23.6 Å². The number of amides is 1. The monoisotopic (exact) mass is 376 g/mol. The lowest BCUT2D eigenvalue weighted by Crippen LogP contribution is -2.23. The first-order chi connectivity index (χ1) is 13.6. The maximum absolute atomic E-state index is 12.4. The number of benzene rings is 2. The fourth-order valence-corrected chi connectivity index (χ4v) is 2.76. The summed E-state index contributed by atoms with van der Waals surface area (Å²) in [6.07, 6.45) is 3.89. The molecule has 0 saturated carbocycles. The van der Waals surface area contributed by atoms with Gasteiger partial charge in [-0.2, -0.15) is 5.26 Å². The number of nitriles is 1. The van der Waals surface area contributed by atoms with Crippen molar-refractivity contribution in [3.8, 4) is 17.6 Å². The van der Waals surface area contributed by atoms with E-state index < -0.39 is 5.91 Å². The molecule has 2 rings (SSSR count). The quantitative estimate of drug-likeness (QED) is 0.407. The van der Waals surface area contributed by atoms with Crippen LogP contribution in [0.25, 0.3) is 6.08 Å². The number of carbonyl (C=O) groups excluding carboxylic acids is 1. The summed E-state index contributed by atoms with van der Waals surface area (Å²) in [5.41, 5.74) is 2.54. The molecule has 0 bridgehead atoms. The van der Waals surface area contributed by atoms with E-state index in [0.29, 0.717) is 36.6 Å². The molecule has 0 aromatic heterocycles. The van der Waals surface area contributed by atoms with Crippen molar-refractivity contribution in [1.82, 2.24) is 5.32 Å². The van der Waals surface area contributed by atoms with Gasteiger partial charge in [-0.05, 0) is 42.7 Å². The fraction of sp³-hybridized carbons (Fsp3) is 0.217. The van der Waals surface area contributed by atoms with E-state index in [1.54, 1.807) is 25.3 Å². The van der Waals surface area contributed by atoms with Gasteiger partial charge in [0.1, 0.15) is 11.6 Å². The molecule has 5 nitrogen and oxygen atoms in total. The van der Waals surface area contributed by atoms with Gasteiger partial charge in [0.05, 0.1) is 13.7 Å². The maximum Gasteiger partial charge on any atom is 0.262 e. The highest BCUT2D eigenvalue weighted by molar-refractivity contribution is 6.01. The molecule has 0 aliphatic heterocycles. The van der Waals surface area contributed by atoms with Crippen LogP contribution in [0.2, 0.25) is 0 Å². The van der Waals surface area contributed by atoms with Crippen LogP contribution in [0.4, 0.5) is 0 Å². The smallest absolute Gasteiger partial charge is 0.262 e. The summed E-state index contributed by atoms with van der Waals surface area (Å²) in [6.45, 7) is 6.48. The Hall–Kier alpha value is -3.52. The molecule has 0 fully saturated rings. The zero-order valence-corrected chi connectivity index (χ0v) is 16.2. The van der Waals surface area contributed by atoms with Gasteiger partial charge in [0.15, 0.2) is 11.5 Å². The number of hydrogen-bond donors (Lipinski definition) is 1. The van der Waals surface area contributed by atoms with Crippen LogP contribution >= 0.6 is 0 Å². The number of methoxy groups -OCH3 is 1. The second-order valence-electron chi connectivity index (χ2n) is 5.98. The fourth-order valence-electron chi connectivity index (χ4n) is 2.76. The van der Waals surface area contributed by atoms with Crippen molar-refractivity contribution in [2.45, 2.75) is 19.9 Å². The standard InChI is InChI=1S/C23H24N2O3/c1-4-9-19-12-18(14-21(28-5-2)22(19)27-3)13-20(15-24)23(26)25-16-17-10-7-6-8-11-17/h4,6-8,10-14H,1,5,9,16H2,2-3H3,(H,25,26)/b20-13+. The van der Waals surface area contributed by atoms with E-state index in [1.165, 1.54) is 0 Å². The van der Waals surface area contributed by atoms with Crippen LogP contribution in [0.3, 0.4) is 0 Å². The molecule has 0 unspecified atom stereocenters. The van der Waals surface area contributed by atoms with Gasteiger partial charge in [-0.15, -0.1) is 6.58 Å². The highest BCUT2D eigenvalue weighted by Crippen LogP contribution is 2.34. The van der Waals surface area contributed by atoms with Gasteiger partial charge in [0.2, 0.25) is 0 Å². The molecule has 2 aromatic rings. The van der Waals surface area contributed by atoms with Gasteiger partial charge < -0.3 is 14.8 Å². The summed E-state index contributed by atoms with van der Waals surface area (Å²) < 4.78 is 11.1. The van der Waals surface area contributed by atoms with Gasteiger partial charge >= 0.3 is 0 Å². The Kier molecular flexibility index (Phi) is 7.86. The van der Waals surface area contributed by atoms with Crippen molar-refractivity contribution in [3.63, 3.8) is 0 Å². The number of nitrogens with zero attached hydrogens (tertiary/aromatic N) is 1. The summed E-state index contributed by atoms with van der Waals surface area (Å²) in [5, 5.41) is 12.2. The largest absolute Gasteiger partial charge is 0.493 e. The Morgan fingerprint density at radius 1 is 1.29 bits per heavy atom. The van der Waals surface area contributed by atoms with Crippen LogP contribution < -0.4 is 14.8 Å². The Bertz CT molecular complexity index is 896. The number of rotatable bonds is 9. The third-order valence-corrected chi connectivity index (χ3v) is 3.99. The first kappa shape index (κ1) is 20.8. The molecule has 0 aliphatic rings. The lowest BCUT2D eigenvalue weighted by atomic mass is 10.0. The minimum absolute atomic E-state index is 0.0214. The predicted octanol–water partition coefficient (Wildman–Crippen LogP) is 4.05. The third-order valence-electron chi connectivity index (χ3n) is 3.99. The second-order valence-corrected chi connectivity index (χ2v) is 5.98. The van der Waals surface area contributed by atoms with Crippen LogP contribution in [-0.4, -0.2) is 19.6 Å². The lowest BCUT2D eigenvalue weighted by Gasteiger charge is -2.14. The molecule has 0 atom stereocenters. The minimum atomic E-state index is -0.426. The van der Waals surface area contributed by atoms with E-state index >= 15 is 0 Å². The highest BCUT2D eigenvalue weighted by atomic mass is 16.5. The predicted molar refractivity (Wildman–Crippen MR) is 110 cm³/mol. The van der Waals surface area contributed by atoms with E-state index in [2.05, 4.69) is 11.9 Å². The number of carbonyl (C=O) groups is 1. The van der Waals surface area contributed by atoms with E-state index in [0.717, 1.165) is 11.1 Å². The second kappa shape index (κ2) is 10.6. The summed E-state index contributed by atoms with van der Waals surface area (Å²) in [6, 6.07) is 15.1. The molecule has 144 valence electrons. The van der Waals surface area contributed by atoms with Crippen molar-refractivity contribution in [1.29, 1.82) is 5.26 Å². The first-order valence-corrected chi connectivity index (χ1v) is 9.01. The molecule has 0 radical (unpaired) electrons. The topological polar surface area (TPSA) is 71.4 Å². The van der Waals surface area contributed by atoms with Gasteiger partial charge in [-0.25, -0.2) is 0 Å². The van der Waals surface area contributed by atoms with Crippen LogP contribution in [-0.2, 0) is 17.8 Å². The van der Waals surface area contributed by atoms with Crippen LogP contribution in [0, 0.1) is 11.3 Å². The Morgan fingerprint density at radius 2 is 2.04 bits per heavy atom. The van der Waals surface area contributed by atoms with Crippen molar-refractivity contribution < 1.29 is 14.3 Å². The summed E-state index contributed by atoms with van der Waals surface area (Å²) in [7, 11) is 1.58. The SMILES string of the molecule is C=CCc1cc(/C=C(\C#N)C(=O)NCc2ccccc2)cc(OCC)c1OC. The minimum Gasteiger partial charge on any atom is -0.493 e. The number of allylic oxidation sites excluding steroid dienone is 1. The molecule has 1 N–H and O–H groups in total. The van der Waals surface area contributed by atoms with E-state index in [4.69, 9.17) is 9.47 Å². The van der Waals surface area contributed by atoms with E-state index in [1.807, 2.05) is 49.4 Å². The Morgan fingerprint density at radius 3 is 2.64 bits per heavy atom. The first-order valence-electron chi connectivity index (χ1n) is 9.01. The summed E-state index contributed by atoms with van der Waals surface area (Å²) >= 11 is 0.